The molecule has 1 spiro atoms. The molecule has 112 valence electrons. The molecule has 2 fully saturated rings. The smallest absolute Gasteiger partial charge is 0.325 e. The summed E-state index contributed by atoms with van der Waals surface area (Å²) in [6.45, 7) is 0.469. The van der Waals surface area contributed by atoms with Crippen LogP contribution >= 0.6 is 0 Å². The standard InChI is InChI=1S/C14H23N3O3/c1-16(2)11(18)7-6-10-17-13(20)15-12(19)14(17)8-4-3-5-9-14/h3-10H2,1-2H3,(H,15,19,20). The first-order valence-corrected chi connectivity index (χ1v) is 7.30. The molecule has 1 aliphatic carbocycles. The number of carbonyl (C=O) groups is 3. The van der Waals surface area contributed by atoms with Gasteiger partial charge in [0.1, 0.15) is 5.54 Å². The van der Waals surface area contributed by atoms with Crippen LogP contribution in [0.15, 0.2) is 0 Å². The van der Waals surface area contributed by atoms with Gasteiger partial charge in [-0.15, -0.1) is 0 Å². The molecule has 0 radical (unpaired) electrons. The third kappa shape index (κ3) is 2.64. The van der Waals surface area contributed by atoms with Crippen molar-refractivity contribution in [3.63, 3.8) is 0 Å². The molecule has 6 heteroatoms. The molecule has 0 aromatic rings. The van der Waals surface area contributed by atoms with E-state index in [0.29, 0.717) is 19.4 Å². The molecule has 6 nitrogen and oxygen atoms in total. The van der Waals surface area contributed by atoms with Crippen LogP contribution in [0.2, 0.25) is 0 Å². The first kappa shape index (κ1) is 14.8. The summed E-state index contributed by atoms with van der Waals surface area (Å²) in [5, 5.41) is 2.44. The number of amides is 4. The second-order valence-electron chi connectivity index (χ2n) is 5.89. The number of nitrogens with one attached hydrogen (secondary N) is 1. The highest BCUT2D eigenvalue weighted by molar-refractivity contribution is 6.07. The quantitative estimate of drug-likeness (QED) is 0.785. The molecule has 1 heterocycles. The van der Waals surface area contributed by atoms with Gasteiger partial charge in [-0.3, -0.25) is 14.9 Å². The molecule has 2 rings (SSSR count). The minimum absolute atomic E-state index is 0.0497. The molecule has 20 heavy (non-hydrogen) atoms. The van der Waals surface area contributed by atoms with Crippen LogP contribution in [-0.2, 0) is 9.59 Å². The van der Waals surface area contributed by atoms with Crippen LogP contribution in [0, 0.1) is 0 Å². The van der Waals surface area contributed by atoms with Crippen molar-refractivity contribution < 1.29 is 14.4 Å². The lowest BCUT2D eigenvalue weighted by Crippen LogP contribution is -2.51. The van der Waals surface area contributed by atoms with Crippen LogP contribution in [0.5, 0.6) is 0 Å². The summed E-state index contributed by atoms with van der Waals surface area (Å²) in [5.74, 6) is -0.102. The summed E-state index contributed by atoms with van der Waals surface area (Å²) >= 11 is 0. The molecule has 2 aliphatic rings. The maximum absolute atomic E-state index is 12.1. The number of rotatable bonds is 4. The SMILES string of the molecule is CN(C)C(=O)CCCN1C(=O)NC(=O)C12CCCCC2. The number of urea groups is 1. The molecule has 1 aliphatic heterocycles. The number of carbonyl (C=O) groups excluding carboxylic acids is 3. The largest absolute Gasteiger partial charge is 0.349 e. The minimum Gasteiger partial charge on any atom is -0.349 e. The Bertz CT molecular complexity index is 414. The van der Waals surface area contributed by atoms with Crippen molar-refractivity contribution in [1.29, 1.82) is 0 Å². The van der Waals surface area contributed by atoms with Gasteiger partial charge in [-0.25, -0.2) is 4.79 Å². The monoisotopic (exact) mass is 281 g/mol. The lowest BCUT2D eigenvalue weighted by molar-refractivity contribution is -0.129. The van der Waals surface area contributed by atoms with Crippen LogP contribution in [0.4, 0.5) is 4.79 Å². The Morgan fingerprint density at radius 1 is 1.25 bits per heavy atom. The summed E-state index contributed by atoms with van der Waals surface area (Å²) in [5.41, 5.74) is -0.642. The average molecular weight is 281 g/mol. The molecule has 0 bridgehead atoms. The van der Waals surface area contributed by atoms with Crippen LogP contribution in [0.1, 0.15) is 44.9 Å². The van der Waals surface area contributed by atoms with Crippen LogP contribution in [0.3, 0.4) is 0 Å². The Balaban J connectivity index is 1.99. The van der Waals surface area contributed by atoms with Gasteiger partial charge < -0.3 is 9.80 Å². The first-order valence-electron chi connectivity index (χ1n) is 7.30. The molecular formula is C14H23N3O3. The zero-order valence-corrected chi connectivity index (χ0v) is 12.3. The number of imide groups is 1. The molecule has 1 saturated heterocycles. The van der Waals surface area contributed by atoms with Gasteiger partial charge in [0.2, 0.25) is 5.91 Å². The van der Waals surface area contributed by atoms with Crippen molar-refractivity contribution in [3.8, 4) is 0 Å². The van der Waals surface area contributed by atoms with Crippen molar-refractivity contribution >= 4 is 17.8 Å². The number of nitrogens with zero attached hydrogens (tertiary/aromatic N) is 2. The van der Waals surface area contributed by atoms with Gasteiger partial charge in [0.25, 0.3) is 5.91 Å². The van der Waals surface area contributed by atoms with Crippen LogP contribution in [0.25, 0.3) is 0 Å². The van der Waals surface area contributed by atoms with E-state index in [4.69, 9.17) is 0 Å². The lowest BCUT2D eigenvalue weighted by Gasteiger charge is -2.38. The van der Waals surface area contributed by atoms with Crippen molar-refractivity contribution in [1.82, 2.24) is 15.1 Å². The highest BCUT2D eigenvalue weighted by Crippen LogP contribution is 2.37. The maximum atomic E-state index is 12.1. The molecular weight excluding hydrogens is 258 g/mol. The van der Waals surface area contributed by atoms with E-state index >= 15 is 0 Å². The normalized spacial score (nSPS) is 21.2. The minimum atomic E-state index is -0.642. The van der Waals surface area contributed by atoms with Crippen molar-refractivity contribution in [3.05, 3.63) is 0 Å². The zero-order chi connectivity index (χ0) is 14.8. The van der Waals surface area contributed by atoms with Crippen LogP contribution < -0.4 is 5.32 Å². The van der Waals surface area contributed by atoms with E-state index in [0.717, 1.165) is 32.1 Å². The Morgan fingerprint density at radius 3 is 2.50 bits per heavy atom. The maximum Gasteiger partial charge on any atom is 0.325 e. The molecule has 0 aromatic carbocycles. The van der Waals surface area contributed by atoms with E-state index in [1.807, 2.05) is 0 Å². The van der Waals surface area contributed by atoms with Gasteiger partial charge in [0.15, 0.2) is 0 Å². The molecule has 0 aromatic heterocycles. The van der Waals surface area contributed by atoms with Gasteiger partial charge in [0, 0.05) is 27.1 Å². The predicted molar refractivity (Wildman–Crippen MR) is 74.0 cm³/mol. The van der Waals surface area contributed by atoms with Crippen molar-refractivity contribution in [2.24, 2.45) is 0 Å². The second kappa shape index (κ2) is 5.81. The third-order valence-electron chi connectivity index (χ3n) is 4.36. The van der Waals surface area contributed by atoms with E-state index in [1.54, 1.807) is 23.9 Å². The number of hydrogen-bond acceptors (Lipinski definition) is 3. The molecule has 1 saturated carbocycles. The summed E-state index contributed by atoms with van der Waals surface area (Å²) < 4.78 is 0. The highest BCUT2D eigenvalue weighted by atomic mass is 16.2. The van der Waals surface area contributed by atoms with E-state index in [2.05, 4.69) is 5.32 Å². The van der Waals surface area contributed by atoms with Gasteiger partial charge in [0.05, 0.1) is 0 Å². The second-order valence-corrected chi connectivity index (χ2v) is 5.89. The third-order valence-corrected chi connectivity index (χ3v) is 4.36. The Morgan fingerprint density at radius 2 is 1.90 bits per heavy atom. The first-order chi connectivity index (χ1) is 9.47. The summed E-state index contributed by atoms with van der Waals surface area (Å²) in [7, 11) is 3.44. The highest BCUT2D eigenvalue weighted by Gasteiger charge is 2.52. The molecule has 4 amide bonds. The van der Waals surface area contributed by atoms with E-state index in [-0.39, 0.29) is 17.8 Å². The van der Waals surface area contributed by atoms with Crippen molar-refractivity contribution in [2.45, 2.75) is 50.5 Å². The predicted octanol–water partition coefficient (Wildman–Crippen LogP) is 1.11. The molecule has 0 atom stereocenters. The average Bonchev–Trinajstić information content (AvgIpc) is 2.63. The van der Waals surface area contributed by atoms with E-state index < -0.39 is 5.54 Å². The van der Waals surface area contributed by atoms with Gasteiger partial charge in [-0.1, -0.05) is 19.3 Å². The Hall–Kier alpha value is -1.59. The summed E-state index contributed by atoms with van der Waals surface area (Å²) in [6.07, 6.45) is 5.57. The van der Waals surface area contributed by atoms with Gasteiger partial charge in [-0.2, -0.15) is 0 Å². The van der Waals surface area contributed by atoms with Crippen molar-refractivity contribution in [2.75, 3.05) is 20.6 Å². The Kier molecular flexibility index (Phi) is 4.30. The fourth-order valence-electron chi connectivity index (χ4n) is 3.16. The number of hydrogen-bond donors (Lipinski definition) is 1. The fraction of sp³-hybridized carbons (Fsp3) is 0.786. The fourth-order valence-corrected chi connectivity index (χ4v) is 3.16. The lowest BCUT2D eigenvalue weighted by atomic mass is 9.80. The van der Waals surface area contributed by atoms with E-state index in [9.17, 15) is 14.4 Å². The summed E-state index contributed by atoms with van der Waals surface area (Å²) in [4.78, 5) is 38.9. The topological polar surface area (TPSA) is 69.7 Å². The van der Waals surface area contributed by atoms with Crippen LogP contribution in [-0.4, -0.2) is 53.8 Å². The molecule has 0 unspecified atom stereocenters. The Labute approximate surface area is 119 Å². The van der Waals surface area contributed by atoms with Gasteiger partial charge >= 0.3 is 6.03 Å². The zero-order valence-electron chi connectivity index (χ0n) is 12.3. The van der Waals surface area contributed by atoms with Gasteiger partial charge in [-0.05, 0) is 19.3 Å². The summed E-state index contributed by atoms with van der Waals surface area (Å²) in [6, 6.07) is -0.297. The van der Waals surface area contributed by atoms with E-state index in [1.165, 1.54) is 0 Å². The molecule has 1 N–H and O–H groups in total.